The molecule has 6 rings (SSSR count). The summed E-state index contributed by atoms with van der Waals surface area (Å²) in [4.78, 5) is 4.92. The first-order valence-corrected chi connectivity index (χ1v) is 11.7. The molecule has 0 saturated heterocycles. The van der Waals surface area contributed by atoms with Crippen molar-refractivity contribution >= 4 is 11.5 Å². The van der Waals surface area contributed by atoms with Gasteiger partial charge in [-0.3, -0.25) is 9.67 Å². The number of nitrogens with zero attached hydrogens (tertiary/aromatic N) is 3. The van der Waals surface area contributed by atoms with E-state index in [0.29, 0.717) is 17.9 Å². The highest BCUT2D eigenvalue weighted by Gasteiger charge is 2.52. The standard InChI is InChI=1S/C28H26FN5/c29-24-14-13-22(32-27(19-7-3-1-4-8-19)20-9-5-2-6-10-20)17-23(24)28(21-11-12-21)25-15-16-31-34(25)18-26(30)33-28/h1-10,13-17,21,27,32H,11-12,18H2,(H2,30,33)/t28-/m1/s1. The van der Waals surface area contributed by atoms with Crippen molar-refractivity contribution in [2.45, 2.75) is 31.0 Å². The Morgan fingerprint density at radius 1 is 0.941 bits per heavy atom. The first-order chi connectivity index (χ1) is 16.6. The molecule has 1 aliphatic heterocycles. The first-order valence-electron chi connectivity index (χ1n) is 11.7. The number of aromatic nitrogens is 2. The van der Waals surface area contributed by atoms with Gasteiger partial charge in [0.15, 0.2) is 0 Å². The van der Waals surface area contributed by atoms with Gasteiger partial charge in [0.1, 0.15) is 17.2 Å². The summed E-state index contributed by atoms with van der Waals surface area (Å²) in [7, 11) is 0. The second kappa shape index (κ2) is 8.13. The number of aliphatic imine (C=N–C) groups is 1. The van der Waals surface area contributed by atoms with Crippen molar-refractivity contribution < 1.29 is 4.39 Å². The molecule has 1 fully saturated rings. The zero-order chi connectivity index (χ0) is 23.1. The number of nitrogens with one attached hydrogen (secondary N) is 1. The number of nitrogens with two attached hydrogens (primary N) is 1. The van der Waals surface area contributed by atoms with Crippen molar-refractivity contribution in [1.82, 2.24) is 9.78 Å². The highest BCUT2D eigenvalue weighted by Crippen LogP contribution is 2.54. The van der Waals surface area contributed by atoms with Gasteiger partial charge in [-0.1, -0.05) is 60.7 Å². The van der Waals surface area contributed by atoms with Crippen molar-refractivity contribution in [3.8, 4) is 0 Å². The van der Waals surface area contributed by atoms with E-state index in [4.69, 9.17) is 10.7 Å². The Morgan fingerprint density at radius 3 is 2.26 bits per heavy atom. The molecule has 0 bridgehead atoms. The van der Waals surface area contributed by atoms with Crippen LogP contribution in [0.25, 0.3) is 0 Å². The summed E-state index contributed by atoms with van der Waals surface area (Å²) in [5, 5.41) is 8.09. The molecule has 1 saturated carbocycles. The summed E-state index contributed by atoms with van der Waals surface area (Å²) < 4.78 is 17.4. The number of fused-ring (bicyclic) bond motifs is 1. The molecule has 5 nitrogen and oxygen atoms in total. The van der Waals surface area contributed by atoms with Gasteiger partial charge in [-0.25, -0.2) is 4.39 Å². The molecule has 6 heteroatoms. The summed E-state index contributed by atoms with van der Waals surface area (Å²) in [6.45, 7) is 0.431. The number of anilines is 1. The Hall–Kier alpha value is -3.93. The second-order valence-electron chi connectivity index (χ2n) is 9.11. The van der Waals surface area contributed by atoms with Gasteiger partial charge in [0.05, 0.1) is 18.3 Å². The highest BCUT2D eigenvalue weighted by molar-refractivity contribution is 5.82. The molecule has 0 spiro atoms. The van der Waals surface area contributed by atoms with E-state index in [1.165, 1.54) is 6.07 Å². The van der Waals surface area contributed by atoms with Crippen LogP contribution in [0.1, 0.15) is 41.3 Å². The van der Waals surface area contributed by atoms with Gasteiger partial charge in [0, 0.05) is 17.4 Å². The van der Waals surface area contributed by atoms with E-state index < -0.39 is 5.54 Å². The van der Waals surface area contributed by atoms with Crippen LogP contribution in [-0.4, -0.2) is 15.6 Å². The summed E-state index contributed by atoms with van der Waals surface area (Å²) in [6, 6.07) is 27.7. The van der Waals surface area contributed by atoms with Crippen molar-refractivity contribution in [2.24, 2.45) is 16.6 Å². The van der Waals surface area contributed by atoms with E-state index in [9.17, 15) is 0 Å². The minimum absolute atomic E-state index is 0.0805. The largest absolute Gasteiger partial charge is 0.386 e. The van der Waals surface area contributed by atoms with Gasteiger partial charge in [-0.2, -0.15) is 5.10 Å². The minimum Gasteiger partial charge on any atom is -0.386 e. The molecule has 34 heavy (non-hydrogen) atoms. The average Bonchev–Trinajstić information content (AvgIpc) is 3.62. The average molecular weight is 452 g/mol. The molecule has 1 aromatic heterocycles. The van der Waals surface area contributed by atoms with Crippen molar-refractivity contribution in [3.05, 3.63) is 119 Å². The van der Waals surface area contributed by atoms with Crippen molar-refractivity contribution in [1.29, 1.82) is 0 Å². The maximum absolute atomic E-state index is 15.5. The van der Waals surface area contributed by atoms with Gasteiger partial charge < -0.3 is 11.1 Å². The van der Waals surface area contributed by atoms with Crippen LogP contribution in [0, 0.1) is 11.7 Å². The van der Waals surface area contributed by atoms with Crippen LogP contribution in [-0.2, 0) is 12.1 Å². The minimum atomic E-state index is -0.852. The van der Waals surface area contributed by atoms with Gasteiger partial charge >= 0.3 is 0 Å². The zero-order valence-corrected chi connectivity index (χ0v) is 18.7. The maximum atomic E-state index is 15.5. The summed E-state index contributed by atoms with van der Waals surface area (Å²) in [6.07, 6.45) is 3.72. The van der Waals surface area contributed by atoms with Gasteiger partial charge in [0.2, 0.25) is 0 Å². The lowest BCUT2D eigenvalue weighted by atomic mass is 9.80. The summed E-state index contributed by atoms with van der Waals surface area (Å²) in [5.41, 5.74) is 9.96. The van der Waals surface area contributed by atoms with Gasteiger partial charge in [-0.05, 0) is 54.2 Å². The van der Waals surface area contributed by atoms with E-state index in [2.05, 4.69) is 34.7 Å². The highest BCUT2D eigenvalue weighted by atomic mass is 19.1. The van der Waals surface area contributed by atoms with Gasteiger partial charge in [0.25, 0.3) is 0 Å². The first kappa shape index (κ1) is 20.7. The molecule has 2 heterocycles. The van der Waals surface area contributed by atoms with Crippen LogP contribution in [0.4, 0.5) is 10.1 Å². The number of amidine groups is 1. The third-order valence-corrected chi connectivity index (χ3v) is 6.86. The fraction of sp³-hybridized carbons (Fsp3) is 0.214. The number of hydrogen-bond donors (Lipinski definition) is 2. The second-order valence-corrected chi connectivity index (χ2v) is 9.11. The Kier molecular flexibility index (Phi) is 4.94. The predicted molar refractivity (Wildman–Crippen MR) is 132 cm³/mol. The zero-order valence-electron chi connectivity index (χ0n) is 18.7. The molecule has 0 amide bonds. The van der Waals surface area contributed by atoms with Crippen LogP contribution >= 0.6 is 0 Å². The summed E-state index contributed by atoms with van der Waals surface area (Å²) in [5.74, 6) is 0.400. The fourth-order valence-electron chi connectivity index (χ4n) is 5.20. The maximum Gasteiger partial charge on any atom is 0.135 e. The molecule has 0 radical (unpaired) electrons. The van der Waals surface area contributed by atoms with E-state index in [0.717, 1.165) is 35.3 Å². The van der Waals surface area contributed by atoms with Crippen LogP contribution in [0.15, 0.2) is 96.1 Å². The van der Waals surface area contributed by atoms with E-state index >= 15 is 4.39 Å². The number of hydrogen-bond acceptors (Lipinski definition) is 4. The SMILES string of the molecule is NC1=N[C@@](c2cc(NC(c3ccccc3)c3ccccc3)ccc2F)(C2CC2)c2ccnn2C1. The van der Waals surface area contributed by atoms with Crippen LogP contribution in [0.2, 0.25) is 0 Å². The van der Waals surface area contributed by atoms with E-state index in [1.807, 2.05) is 53.2 Å². The molecule has 170 valence electrons. The monoisotopic (exact) mass is 451 g/mol. The molecular weight excluding hydrogens is 425 g/mol. The van der Waals surface area contributed by atoms with Crippen molar-refractivity contribution in [2.75, 3.05) is 5.32 Å². The normalized spacial score (nSPS) is 19.5. The Morgan fingerprint density at radius 2 is 1.62 bits per heavy atom. The lowest BCUT2D eigenvalue weighted by molar-refractivity contribution is 0.393. The molecule has 3 N–H and O–H groups in total. The molecular formula is C28H26FN5. The number of halogens is 1. The van der Waals surface area contributed by atoms with E-state index in [-0.39, 0.29) is 17.8 Å². The molecule has 2 aliphatic rings. The molecule has 1 aliphatic carbocycles. The lowest BCUT2D eigenvalue weighted by Gasteiger charge is -2.35. The lowest BCUT2D eigenvalue weighted by Crippen LogP contribution is -2.41. The number of rotatable bonds is 6. The topological polar surface area (TPSA) is 68.2 Å². The van der Waals surface area contributed by atoms with Crippen molar-refractivity contribution in [3.63, 3.8) is 0 Å². The quantitative estimate of drug-likeness (QED) is 0.421. The predicted octanol–water partition coefficient (Wildman–Crippen LogP) is 5.25. The smallest absolute Gasteiger partial charge is 0.135 e. The molecule has 3 aromatic carbocycles. The van der Waals surface area contributed by atoms with Crippen LogP contribution in [0.5, 0.6) is 0 Å². The summed E-state index contributed by atoms with van der Waals surface area (Å²) >= 11 is 0. The van der Waals surface area contributed by atoms with Gasteiger partial charge in [-0.15, -0.1) is 0 Å². The Labute approximate surface area is 198 Å². The third-order valence-electron chi connectivity index (χ3n) is 6.86. The number of benzene rings is 3. The third kappa shape index (κ3) is 3.46. The Balaban J connectivity index is 1.46. The van der Waals surface area contributed by atoms with Crippen LogP contribution in [0.3, 0.4) is 0 Å². The Bertz CT molecular complexity index is 1300. The molecule has 4 aromatic rings. The van der Waals surface area contributed by atoms with E-state index in [1.54, 1.807) is 12.3 Å². The molecule has 0 unspecified atom stereocenters. The molecule has 1 atom stereocenters. The van der Waals surface area contributed by atoms with Crippen LogP contribution < -0.4 is 11.1 Å². The fourth-order valence-corrected chi connectivity index (χ4v) is 5.20.